The van der Waals surface area contributed by atoms with E-state index < -0.39 is 29.5 Å². The number of aliphatic hydroxyl groups excluding tert-OH is 2. The molecule has 0 heterocycles. The Morgan fingerprint density at radius 1 is 1.33 bits per heavy atom. The van der Waals surface area contributed by atoms with Crippen molar-refractivity contribution in [3.8, 4) is 0 Å². The van der Waals surface area contributed by atoms with Crippen LogP contribution in [0.15, 0.2) is 23.8 Å². The van der Waals surface area contributed by atoms with Gasteiger partial charge < -0.3 is 15.3 Å². The third-order valence-electron chi connectivity index (χ3n) is 8.65. The Labute approximate surface area is 160 Å². The first-order valence-electron chi connectivity index (χ1n) is 10.1. The van der Waals surface area contributed by atoms with E-state index in [2.05, 4.69) is 6.92 Å². The zero-order valence-corrected chi connectivity index (χ0v) is 16.3. The first kappa shape index (κ1) is 19.0. The lowest BCUT2D eigenvalue weighted by Crippen LogP contribution is -2.62. The average molecular weight is 374 g/mol. The smallest absolute Gasteiger partial charge is 0.190 e. The van der Waals surface area contributed by atoms with Gasteiger partial charge in [0.05, 0.1) is 6.10 Å². The fraction of sp³-hybridized carbons (Fsp3) is 0.727. The second-order valence-corrected chi connectivity index (χ2v) is 9.70. The van der Waals surface area contributed by atoms with E-state index in [4.69, 9.17) is 0 Å². The number of hydrogen-bond donors (Lipinski definition) is 3. The van der Waals surface area contributed by atoms with E-state index in [-0.39, 0.29) is 34.9 Å². The van der Waals surface area contributed by atoms with Crippen molar-refractivity contribution in [1.82, 2.24) is 0 Å². The van der Waals surface area contributed by atoms with Crippen LogP contribution in [-0.2, 0) is 9.59 Å². The third-order valence-corrected chi connectivity index (χ3v) is 8.65. The van der Waals surface area contributed by atoms with Gasteiger partial charge in [0.1, 0.15) is 12.2 Å². The summed E-state index contributed by atoms with van der Waals surface area (Å²) in [6.45, 7) is 5.23. The van der Waals surface area contributed by atoms with Crippen LogP contribution in [0.25, 0.3) is 0 Å². The third kappa shape index (κ3) is 2.22. The molecule has 2 unspecified atom stereocenters. The minimum atomic E-state index is -1.60. The summed E-state index contributed by atoms with van der Waals surface area (Å²) in [5, 5.41) is 32.1. The molecule has 8 atom stereocenters. The molecule has 0 amide bonds. The molecule has 5 heteroatoms. The summed E-state index contributed by atoms with van der Waals surface area (Å²) >= 11 is 0. The maximum Gasteiger partial charge on any atom is 0.190 e. The first-order chi connectivity index (χ1) is 12.6. The van der Waals surface area contributed by atoms with Gasteiger partial charge >= 0.3 is 0 Å². The second kappa shape index (κ2) is 5.85. The van der Waals surface area contributed by atoms with Crippen molar-refractivity contribution in [2.24, 2.45) is 34.5 Å². The van der Waals surface area contributed by atoms with Crippen LogP contribution in [0.5, 0.6) is 0 Å². The Kier molecular flexibility index (Phi) is 4.12. The Morgan fingerprint density at radius 3 is 2.70 bits per heavy atom. The Balaban J connectivity index is 1.78. The van der Waals surface area contributed by atoms with Crippen LogP contribution in [0.4, 0.5) is 0 Å². The molecule has 3 N–H and O–H groups in total. The van der Waals surface area contributed by atoms with Gasteiger partial charge in [0.15, 0.2) is 11.6 Å². The van der Waals surface area contributed by atoms with E-state index in [0.29, 0.717) is 12.8 Å². The molecule has 0 aromatic heterocycles. The largest absolute Gasteiger partial charge is 0.393 e. The molecule has 0 saturated heterocycles. The van der Waals surface area contributed by atoms with E-state index in [0.717, 1.165) is 18.4 Å². The molecule has 0 radical (unpaired) electrons. The zero-order chi connectivity index (χ0) is 19.8. The lowest BCUT2D eigenvalue weighted by atomic mass is 9.46. The topological polar surface area (TPSA) is 94.8 Å². The van der Waals surface area contributed by atoms with Crippen LogP contribution in [0.3, 0.4) is 0 Å². The van der Waals surface area contributed by atoms with Crippen LogP contribution in [-0.4, -0.2) is 45.2 Å². The first-order valence-corrected chi connectivity index (χ1v) is 10.1. The highest BCUT2D eigenvalue weighted by atomic mass is 16.3. The SMILES string of the molecule is C[C@@H]1CC2[C@@H]3CCC4=CC(=O)C=C[C@]4(C)C3[C@@H](O)C[C@]2(C)[C@@]1(O)C(=O)CO. The summed E-state index contributed by atoms with van der Waals surface area (Å²) in [7, 11) is 0. The molecule has 4 rings (SSSR count). The van der Waals surface area contributed by atoms with Crippen LogP contribution >= 0.6 is 0 Å². The van der Waals surface area contributed by atoms with Gasteiger partial charge in [0, 0.05) is 16.7 Å². The van der Waals surface area contributed by atoms with E-state index >= 15 is 0 Å². The van der Waals surface area contributed by atoms with Gasteiger partial charge in [-0.3, -0.25) is 9.59 Å². The zero-order valence-electron chi connectivity index (χ0n) is 16.3. The summed E-state index contributed by atoms with van der Waals surface area (Å²) < 4.78 is 0. The lowest BCUT2D eigenvalue weighted by Gasteiger charge is -2.59. The molecular formula is C22H30O5. The molecule has 0 aliphatic heterocycles. The van der Waals surface area contributed by atoms with Crippen molar-refractivity contribution in [1.29, 1.82) is 0 Å². The molecule has 27 heavy (non-hydrogen) atoms. The van der Waals surface area contributed by atoms with Crippen LogP contribution in [0.1, 0.15) is 46.5 Å². The summed E-state index contributed by atoms with van der Waals surface area (Å²) in [4.78, 5) is 24.4. The fourth-order valence-electron chi connectivity index (χ4n) is 7.37. The second-order valence-electron chi connectivity index (χ2n) is 9.70. The van der Waals surface area contributed by atoms with E-state index in [1.807, 2.05) is 19.9 Å². The summed E-state index contributed by atoms with van der Waals surface area (Å²) in [6, 6.07) is 0. The number of aliphatic hydroxyl groups is 3. The van der Waals surface area contributed by atoms with Crippen molar-refractivity contribution >= 4 is 11.6 Å². The molecule has 3 saturated carbocycles. The van der Waals surface area contributed by atoms with E-state index in [9.17, 15) is 24.9 Å². The Morgan fingerprint density at radius 2 is 2.04 bits per heavy atom. The number of rotatable bonds is 2. The standard InChI is InChI=1S/C22H30O5/c1-12-8-16-15-5-4-13-9-14(24)6-7-20(13,2)19(15)17(25)10-21(16,3)22(12,27)18(26)11-23/h6-7,9,12,15-17,19,23,25,27H,4-5,8,10-11H2,1-3H3/t12-,15+,16?,17+,19?,20+,21+,22+/m1/s1. The molecule has 3 fully saturated rings. The summed E-state index contributed by atoms with van der Waals surface area (Å²) in [5.74, 6) is -0.539. The Hall–Kier alpha value is -1.30. The number of allylic oxidation sites excluding steroid dienone is 4. The van der Waals surface area contributed by atoms with Gasteiger partial charge in [-0.1, -0.05) is 32.4 Å². The van der Waals surface area contributed by atoms with Crippen molar-refractivity contribution in [3.05, 3.63) is 23.8 Å². The molecular weight excluding hydrogens is 344 g/mol. The minimum Gasteiger partial charge on any atom is -0.393 e. The quantitative estimate of drug-likeness (QED) is 0.685. The van der Waals surface area contributed by atoms with Gasteiger partial charge in [-0.2, -0.15) is 0 Å². The fourth-order valence-corrected chi connectivity index (χ4v) is 7.37. The van der Waals surface area contributed by atoms with E-state index in [1.165, 1.54) is 0 Å². The minimum absolute atomic E-state index is 0.00784. The van der Waals surface area contributed by atoms with Crippen molar-refractivity contribution in [2.45, 2.75) is 58.2 Å². The average Bonchev–Trinajstić information content (AvgIpc) is 2.82. The number of ketones is 2. The lowest BCUT2D eigenvalue weighted by molar-refractivity contribution is -0.183. The number of fused-ring (bicyclic) bond motifs is 5. The van der Waals surface area contributed by atoms with Gasteiger partial charge in [-0.25, -0.2) is 0 Å². The molecule has 4 aliphatic carbocycles. The van der Waals surface area contributed by atoms with Crippen LogP contribution < -0.4 is 0 Å². The van der Waals surface area contributed by atoms with Gasteiger partial charge in [-0.05, 0) is 55.6 Å². The highest BCUT2D eigenvalue weighted by Gasteiger charge is 2.70. The van der Waals surface area contributed by atoms with Crippen LogP contribution in [0.2, 0.25) is 0 Å². The maximum absolute atomic E-state index is 12.6. The molecule has 0 aromatic carbocycles. The summed E-state index contributed by atoms with van der Waals surface area (Å²) in [5.41, 5.74) is -1.62. The van der Waals surface area contributed by atoms with Crippen LogP contribution in [0, 0.1) is 34.5 Å². The summed E-state index contributed by atoms with van der Waals surface area (Å²) in [6.07, 6.45) is 7.30. The van der Waals surface area contributed by atoms with Gasteiger partial charge in [-0.15, -0.1) is 0 Å². The number of hydrogen-bond acceptors (Lipinski definition) is 5. The maximum atomic E-state index is 12.6. The van der Waals surface area contributed by atoms with Gasteiger partial charge in [0.2, 0.25) is 0 Å². The van der Waals surface area contributed by atoms with Crippen molar-refractivity contribution < 1.29 is 24.9 Å². The highest BCUT2D eigenvalue weighted by molar-refractivity contribution is 6.01. The molecule has 148 valence electrons. The normalized spacial score (nSPS) is 51.3. The highest BCUT2D eigenvalue weighted by Crippen LogP contribution is 2.68. The predicted octanol–water partition coefficient (Wildman–Crippen LogP) is 1.80. The molecule has 4 aliphatic rings. The molecule has 5 nitrogen and oxygen atoms in total. The number of Topliss-reactive ketones (excluding diaryl/α,β-unsaturated/α-hetero) is 1. The molecule has 0 aromatic rings. The van der Waals surface area contributed by atoms with Crippen molar-refractivity contribution in [3.63, 3.8) is 0 Å². The van der Waals surface area contributed by atoms with Gasteiger partial charge in [0.25, 0.3) is 0 Å². The number of carbonyl (C=O) groups is 2. The predicted molar refractivity (Wildman–Crippen MR) is 99.6 cm³/mol. The Bertz CT molecular complexity index is 754. The van der Waals surface area contributed by atoms with Crippen molar-refractivity contribution in [2.75, 3.05) is 6.61 Å². The number of carbonyl (C=O) groups excluding carboxylic acids is 2. The van der Waals surface area contributed by atoms with E-state index in [1.54, 1.807) is 12.2 Å². The monoisotopic (exact) mass is 374 g/mol. The molecule has 0 bridgehead atoms. The molecule has 0 spiro atoms.